The van der Waals surface area contributed by atoms with Crippen molar-refractivity contribution in [2.45, 2.75) is 26.7 Å². The van der Waals surface area contributed by atoms with Crippen LogP contribution < -0.4 is 0 Å². The molecule has 1 amide bonds. The second kappa shape index (κ2) is 10.0. The molecule has 1 aliphatic heterocycles. The van der Waals surface area contributed by atoms with Gasteiger partial charge in [-0.15, -0.1) is 0 Å². The quantitative estimate of drug-likeness (QED) is 0.704. The van der Waals surface area contributed by atoms with E-state index in [1.165, 1.54) is 5.56 Å². The van der Waals surface area contributed by atoms with Crippen LogP contribution in [-0.4, -0.2) is 48.7 Å². The lowest BCUT2D eigenvalue weighted by Crippen LogP contribution is -2.47. The number of ether oxygens (including phenoxy) is 1. The van der Waals surface area contributed by atoms with Gasteiger partial charge in [0, 0.05) is 37.3 Å². The van der Waals surface area contributed by atoms with Gasteiger partial charge in [0.05, 0.1) is 6.61 Å². The van der Waals surface area contributed by atoms with E-state index in [0.717, 1.165) is 17.7 Å². The molecule has 3 rings (SSSR count). The zero-order chi connectivity index (χ0) is 20.6. The van der Waals surface area contributed by atoms with Crippen molar-refractivity contribution in [3.05, 3.63) is 71.3 Å². The van der Waals surface area contributed by atoms with Crippen molar-refractivity contribution in [2.24, 2.45) is 10.9 Å². The minimum Gasteiger partial charge on any atom is -0.465 e. The van der Waals surface area contributed by atoms with E-state index in [0.29, 0.717) is 38.2 Å². The van der Waals surface area contributed by atoms with Crippen LogP contribution in [0.2, 0.25) is 0 Å². The number of aliphatic imine (C=N–C) groups is 1. The molecule has 29 heavy (non-hydrogen) atoms. The molecule has 0 aliphatic carbocycles. The van der Waals surface area contributed by atoms with Crippen molar-refractivity contribution in [3.8, 4) is 0 Å². The van der Waals surface area contributed by atoms with Gasteiger partial charge in [-0.25, -0.2) is 0 Å². The van der Waals surface area contributed by atoms with E-state index in [1.54, 1.807) is 11.8 Å². The lowest BCUT2D eigenvalue weighted by Gasteiger charge is -2.33. The molecule has 1 atom stereocenters. The van der Waals surface area contributed by atoms with Gasteiger partial charge in [0.15, 0.2) is 0 Å². The first kappa shape index (κ1) is 20.8. The number of amides is 1. The average molecular weight is 392 g/mol. The van der Waals surface area contributed by atoms with E-state index >= 15 is 0 Å². The van der Waals surface area contributed by atoms with Crippen LogP contribution >= 0.6 is 0 Å². The highest BCUT2D eigenvalue weighted by molar-refractivity contribution is 6.05. The summed E-state index contributed by atoms with van der Waals surface area (Å²) in [5.41, 5.74) is 3.68. The fourth-order valence-corrected chi connectivity index (χ4v) is 3.62. The van der Waals surface area contributed by atoms with E-state index < -0.39 is 5.92 Å². The molecule has 0 aromatic heterocycles. The van der Waals surface area contributed by atoms with Gasteiger partial charge in [0.25, 0.3) is 5.91 Å². The number of rotatable bonds is 6. The van der Waals surface area contributed by atoms with Crippen LogP contribution in [0.1, 0.15) is 34.8 Å². The van der Waals surface area contributed by atoms with E-state index in [9.17, 15) is 9.59 Å². The second-order valence-electron chi connectivity index (χ2n) is 7.23. The molecule has 2 aromatic carbocycles. The molecule has 1 heterocycles. The van der Waals surface area contributed by atoms with E-state index in [-0.39, 0.29) is 11.9 Å². The van der Waals surface area contributed by atoms with E-state index in [2.05, 4.69) is 12.1 Å². The van der Waals surface area contributed by atoms with Crippen molar-refractivity contribution in [2.75, 3.05) is 26.2 Å². The number of nitrogens with zero attached hydrogens (tertiary/aromatic N) is 2. The highest BCUT2D eigenvalue weighted by Gasteiger charge is 2.34. The van der Waals surface area contributed by atoms with Gasteiger partial charge >= 0.3 is 5.97 Å². The number of carbonyl (C=O) groups is 2. The van der Waals surface area contributed by atoms with Gasteiger partial charge in [0.2, 0.25) is 0 Å². The van der Waals surface area contributed by atoms with E-state index in [1.807, 2.05) is 49.4 Å². The van der Waals surface area contributed by atoms with Crippen LogP contribution in [0.5, 0.6) is 0 Å². The zero-order valence-electron chi connectivity index (χ0n) is 17.1. The monoisotopic (exact) mass is 392 g/mol. The number of hydrogen-bond acceptors (Lipinski definition) is 4. The standard InChI is InChI=1S/C24H28N2O3/c1-3-29-24(28)21-17-26(23(27)20-12-8-7-9-18(20)2)16-14-22(21)25-15-13-19-10-5-4-6-11-19/h4-12,21H,3,13-17H2,1-2H3. The number of esters is 1. The summed E-state index contributed by atoms with van der Waals surface area (Å²) in [6.45, 7) is 5.54. The Morgan fingerprint density at radius 3 is 2.55 bits per heavy atom. The highest BCUT2D eigenvalue weighted by Crippen LogP contribution is 2.20. The molecule has 152 valence electrons. The molecule has 1 aliphatic rings. The summed E-state index contributed by atoms with van der Waals surface area (Å²) in [4.78, 5) is 32.0. The predicted octanol–water partition coefficient (Wildman–Crippen LogP) is 3.70. The summed E-state index contributed by atoms with van der Waals surface area (Å²) in [5.74, 6) is -0.832. The summed E-state index contributed by atoms with van der Waals surface area (Å²) in [6, 6.07) is 17.7. The first-order chi connectivity index (χ1) is 14.1. The van der Waals surface area contributed by atoms with Crippen LogP contribution in [0.4, 0.5) is 0 Å². The number of aryl methyl sites for hydroxylation is 1. The SMILES string of the molecule is CCOC(=O)C1CN(C(=O)c2ccccc2C)CCC1=NCCc1ccccc1. The fraction of sp³-hybridized carbons (Fsp3) is 0.375. The molecule has 1 fully saturated rings. The summed E-state index contributed by atoms with van der Waals surface area (Å²) < 4.78 is 5.28. The van der Waals surface area contributed by atoms with Gasteiger partial charge in [0.1, 0.15) is 5.92 Å². The maximum Gasteiger partial charge on any atom is 0.316 e. The van der Waals surface area contributed by atoms with Crippen molar-refractivity contribution in [3.63, 3.8) is 0 Å². The molecule has 0 saturated carbocycles. The number of piperidine rings is 1. The smallest absolute Gasteiger partial charge is 0.316 e. The zero-order valence-corrected chi connectivity index (χ0v) is 17.1. The van der Waals surface area contributed by atoms with Crippen molar-refractivity contribution in [1.82, 2.24) is 4.90 Å². The molecule has 0 N–H and O–H groups in total. The first-order valence-electron chi connectivity index (χ1n) is 10.2. The van der Waals surface area contributed by atoms with Crippen LogP contribution in [0, 0.1) is 12.8 Å². The normalized spacial score (nSPS) is 17.9. The maximum atomic E-state index is 13.0. The van der Waals surface area contributed by atoms with Gasteiger partial charge in [-0.2, -0.15) is 0 Å². The lowest BCUT2D eigenvalue weighted by atomic mass is 9.94. The molecule has 5 heteroatoms. The minimum absolute atomic E-state index is 0.0410. The summed E-state index contributed by atoms with van der Waals surface area (Å²) in [6.07, 6.45) is 1.42. The van der Waals surface area contributed by atoms with Crippen molar-refractivity contribution >= 4 is 17.6 Å². The molecule has 1 saturated heterocycles. The van der Waals surface area contributed by atoms with Gasteiger partial charge in [-0.1, -0.05) is 48.5 Å². The molecule has 5 nitrogen and oxygen atoms in total. The fourth-order valence-electron chi connectivity index (χ4n) is 3.62. The predicted molar refractivity (Wildman–Crippen MR) is 114 cm³/mol. The molecule has 0 bridgehead atoms. The number of carbonyl (C=O) groups excluding carboxylic acids is 2. The van der Waals surface area contributed by atoms with Crippen LogP contribution in [0.25, 0.3) is 0 Å². The summed E-state index contributed by atoms with van der Waals surface area (Å²) in [5, 5.41) is 0. The third kappa shape index (κ3) is 5.31. The Morgan fingerprint density at radius 2 is 1.83 bits per heavy atom. The lowest BCUT2D eigenvalue weighted by molar-refractivity contribution is -0.146. The average Bonchev–Trinajstić information content (AvgIpc) is 2.75. The maximum absolute atomic E-state index is 13.0. The number of hydrogen-bond donors (Lipinski definition) is 0. The minimum atomic E-state index is -0.493. The van der Waals surface area contributed by atoms with Gasteiger partial charge < -0.3 is 9.64 Å². The third-order valence-electron chi connectivity index (χ3n) is 5.24. The van der Waals surface area contributed by atoms with Crippen LogP contribution in [0.15, 0.2) is 59.6 Å². The Labute approximate surface area is 172 Å². The Bertz CT molecular complexity index is 877. The first-order valence-corrected chi connectivity index (χ1v) is 10.2. The Kier molecular flexibility index (Phi) is 7.17. The van der Waals surface area contributed by atoms with Gasteiger partial charge in [-0.05, 0) is 37.5 Å². The largest absolute Gasteiger partial charge is 0.465 e. The van der Waals surface area contributed by atoms with E-state index in [4.69, 9.17) is 9.73 Å². The second-order valence-corrected chi connectivity index (χ2v) is 7.23. The Hall–Kier alpha value is -2.95. The molecular weight excluding hydrogens is 364 g/mol. The highest BCUT2D eigenvalue weighted by atomic mass is 16.5. The van der Waals surface area contributed by atoms with Gasteiger partial charge in [-0.3, -0.25) is 14.6 Å². The van der Waals surface area contributed by atoms with Crippen LogP contribution in [-0.2, 0) is 16.0 Å². The Morgan fingerprint density at radius 1 is 1.10 bits per heavy atom. The molecular formula is C24H28N2O3. The molecule has 1 unspecified atom stereocenters. The molecule has 0 radical (unpaired) electrons. The van der Waals surface area contributed by atoms with Crippen LogP contribution in [0.3, 0.4) is 0 Å². The molecule has 0 spiro atoms. The number of likely N-dealkylation sites (tertiary alicyclic amines) is 1. The summed E-state index contributed by atoms with van der Waals surface area (Å²) >= 11 is 0. The summed E-state index contributed by atoms with van der Waals surface area (Å²) in [7, 11) is 0. The topological polar surface area (TPSA) is 59.0 Å². The van der Waals surface area contributed by atoms with Crippen molar-refractivity contribution in [1.29, 1.82) is 0 Å². The molecule has 2 aromatic rings. The number of benzene rings is 2. The van der Waals surface area contributed by atoms with Crippen molar-refractivity contribution < 1.29 is 14.3 Å². The Balaban J connectivity index is 1.72. The third-order valence-corrected chi connectivity index (χ3v) is 5.24.